The van der Waals surface area contributed by atoms with E-state index < -0.39 is 15.9 Å². The van der Waals surface area contributed by atoms with E-state index >= 15 is 0 Å². The minimum absolute atomic E-state index is 0.248. The predicted octanol–water partition coefficient (Wildman–Crippen LogP) is 2.50. The first kappa shape index (κ1) is 16.0. The van der Waals surface area contributed by atoms with Gasteiger partial charge in [0.15, 0.2) is 5.69 Å². The Morgan fingerprint density at radius 3 is 2.62 bits per heavy atom. The molecule has 0 bridgehead atoms. The number of carbonyl (C=O) groups is 1. The summed E-state index contributed by atoms with van der Waals surface area (Å²) in [5.74, 6) is -0.422. The highest BCUT2D eigenvalue weighted by molar-refractivity contribution is 7.92. The highest BCUT2D eigenvalue weighted by Gasteiger charge is 2.16. The summed E-state index contributed by atoms with van der Waals surface area (Å²) in [6.45, 7) is 1.85. The first-order valence-electron chi connectivity index (χ1n) is 7.16. The average Bonchev–Trinajstić information content (AvgIpc) is 2.93. The van der Waals surface area contributed by atoms with Gasteiger partial charge in [-0.15, -0.1) is 0 Å². The van der Waals surface area contributed by atoms with E-state index in [0.29, 0.717) is 16.8 Å². The van der Waals surface area contributed by atoms with E-state index in [1.807, 2.05) is 25.1 Å². The van der Waals surface area contributed by atoms with Gasteiger partial charge in [-0.1, -0.05) is 24.3 Å². The fraction of sp³-hybridized carbons (Fsp3) is 0.125. The molecule has 1 heterocycles. The maximum absolute atomic E-state index is 12.5. The zero-order chi connectivity index (χ0) is 17.3. The summed E-state index contributed by atoms with van der Waals surface area (Å²) in [6, 6.07) is 12.3. The second-order valence-electron chi connectivity index (χ2n) is 5.50. The molecule has 3 rings (SSSR count). The van der Waals surface area contributed by atoms with Crippen LogP contribution in [0.3, 0.4) is 0 Å². The maximum Gasteiger partial charge on any atom is 0.276 e. The van der Waals surface area contributed by atoms with Gasteiger partial charge in [0.25, 0.3) is 5.91 Å². The zero-order valence-electron chi connectivity index (χ0n) is 13.1. The van der Waals surface area contributed by atoms with Gasteiger partial charge in [-0.3, -0.25) is 14.6 Å². The number of nitrogens with one attached hydrogen (secondary N) is 3. The fourth-order valence-corrected chi connectivity index (χ4v) is 2.95. The Kier molecular flexibility index (Phi) is 3.98. The van der Waals surface area contributed by atoms with E-state index in [9.17, 15) is 13.2 Å². The number of hydrogen-bond acceptors (Lipinski definition) is 4. The number of nitrogens with zero attached hydrogens (tertiary/aromatic N) is 1. The molecule has 8 heteroatoms. The van der Waals surface area contributed by atoms with Crippen LogP contribution in [0, 0.1) is 6.92 Å². The topological polar surface area (TPSA) is 104 Å². The molecule has 0 saturated heterocycles. The van der Waals surface area contributed by atoms with Crippen molar-refractivity contribution in [1.29, 1.82) is 0 Å². The normalized spacial score (nSPS) is 11.4. The van der Waals surface area contributed by atoms with Crippen molar-refractivity contribution < 1.29 is 13.2 Å². The molecule has 0 saturated carbocycles. The average molecular weight is 344 g/mol. The van der Waals surface area contributed by atoms with Crippen LogP contribution in [0.1, 0.15) is 16.1 Å². The number of fused-ring (bicyclic) bond motifs is 1. The molecule has 0 fully saturated rings. The van der Waals surface area contributed by atoms with Crippen molar-refractivity contribution in [2.24, 2.45) is 0 Å². The lowest BCUT2D eigenvalue weighted by atomic mass is 10.1. The number of hydrogen-bond donors (Lipinski definition) is 3. The fourth-order valence-electron chi connectivity index (χ4n) is 2.37. The molecule has 2 aromatic carbocycles. The number of para-hydroxylation sites is 1. The second kappa shape index (κ2) is 5.97. The molecule has 1 amide bonds. The number of aromatic nitrogens is 2. The summed E-state index contributed by atoms with van der Waals surface area (Å²) < 4.78 is 25.4. The summed E-state index contributed by atoms with van der Waals surface area (Å²) in [6.07, 6.45) is 1.06. The van der Waals surface area contributed by atoms with Crippen molar-refractivity contribution in [3.8, 4) is 0 Å². The van der Waals surface area contributed by atoms with Crippen molar-refractivity contribution >= 4 is 38.2 Å². The largest absolute Gasteiger partial charge is 0.319 e. The smallest absolute Gasteiger partial charge is 0.276 e. The van der Waals surface area contributed by atoms with Gasteiger partial charge in [-0.2, -0.15) is 5.10 Å². The van der Waals surface area contributed by atoms with Gasteiger partial charge in [0.2, 0.25) is 10.0 Å². The quantitative estimate of drug-likeness (QED) is 0.676. The maximum atomic E-state index is 12.5. The molecule has 7 nitrogen and oxygen atoms in total. The van der Waals surface area contributed by atoms with Gasteiger partial charge < -0.3 is 5.32 Å². The number of rotatable bonds is 4. The van der Waals surface area contributed by atoms with Gasteiger partial charge in [-0.05, 0) is 30.7 Å². The summed E-state index contributed by atoms with van der Waals surface area (Å²) in [5.41, 5.74) is 2.56. The molecule has 0 aliphatic heterocycles. The van der Waals surface area contributed by atoms with Crippen molar-refractivity contribution in [1.82, 2.24) is 10.2 Å². The number of anilines is 2. The number of benzene rings is 2. The monoisotopic (exact) mass is 344 g/mol. The van der Waals surface area contributed by atoms with Crippen LogP contribution in [0.4, 0.5) is 11.4 Å². The molecule has 3 aromatic rings. The van der Waals surface area contributed by atoms with Crippen LogP contribution in [-0.2, 0) is 10.0 Å². The van der Waals surface area contributed by atoms with E-state index in [4.69, 9.17) is 0 Å². The number of carbonyl (C=O) groups excluding carboxylic acids is 1. The summed E-state index contributed by atoms with van der Waals surface area (Å²) in [7, 11) is -3.46. The van der Waals surface area contributed by atoms with Crippen LogP contribution in [0.15, 0.2) is 42.5 Å². The SMILES string of the molecule is Cc1ccc(NS(C)(=O)=O)c(NC(=O)c2n[nH]c3ccccc23)c1. The number of amides is 1. The van der Waals surface area contributed by atoms with Gasteiger partial charge >= 0.3 is 0 Å². The van der Waals surface area contributed by atoms with Crippen molar-refractivity contribution in [3.05, 3.63) is 53.7 Å². The Hall–Kier alpha value is -2.87. The highest BCUT2D eigenvalue weighted by atomic mass is 32.2. The third-order valence-electron chi connectivity index (χ3n) is 3.40. The van der Waals surface area contributed by atoms with E-state index in [-0.39, 0.29) is 5.69 Å². The van der Waals surface area contributed by atoms with E-state index in [1.165, 1.54) is 0 Å². The Morgan fingerprint density at radius 1 is 1.12 bits per heavy atom. The van der Waals surface area contributed by atoms with E-state index in [1.54, 1.807) is 24.3 Å². The van der Waals surface area contributed by atoms with Gasteiger partial charge in [0.1, 0.15) is 0 Å². The van der Waals surface area contributed by atoms with Crippen LogP contribution in [0.5, 0.6) is 0 Å². The molecule has 3 N–H and O–H groups in total. The Labute approximate surface area is 139 Å². The number of H-pyrrole nitrogens is 1. The molecule has 0 aliphatic rings. The molecule has 24 heavy (non-hydrogen) atoms. The minimum atomic E-state index is -3.46. The number of aryl methyl sites for hydroxylation is 1. The van der Waals surface area contributed by atoms with Crippen molar-refractivity contribution in [2.45, 2.75) is 6.92 Å². The lowest BCUT2D eigenvalue weighted by Gasteiger charge is -2.12. The van der Waals surface area contributed by atoms with Crippen molar-refractivity contribution in [2.75, 3.05) is 16.3 Å². The minimum Gasteiger partial charge on any atom is -0.319 e. The number of sulfonamides is 1. The third kappa shape index (κ3) is 3.38. The third-order valence-corrected chi connectivity index (χ3v) is 3.99. The van der Waals surface area contributed by atoms with Crippen LogP contribution < -0.4 is 10.0 Å². The molecule has 124 valence electrons. The predicted molar refractivity (Wildman–Crippen MR) is 93.7 cm³/mol. The standard InChI is InChI=1S/C16H16N4O3S/c1-10-7-8-13(20-24(2,22)23)14(9-10)17-16(21)15-11-5-3-4-6-12(11)18-19-15/h3-9,20H,1-2H3,(H,17,21)(H,18,19). The molecule has 0 spiro atoms. The Bertz CT molecular complexity index is 1020. The summed E-state index contributed by atoms with van der Waals surface area (Å²) >= 11 is 0. The highest BCUT2D eigenvalue weighted by Crippen LogP contribution is 2.25. The zero-order valence-corrected chi connectivity index (χ0v) is 13.9. The van der Waals surface area contributed by atoms with Crippen molar-refractivity contribution in [3.63, 3.8) is 0 Å². The molecule has 0 aliphatic carbocycles. The molecule has 0 atom stereocenters. The molecular weight excluding hydrogens is 328 g/mol. The summed E-state index contributed by atoms with van der Waals surface area (Å²) in [4.78, 5) is 12.5. The van der Waals surface area contributed by atoms with E-state index in [2.05, 4.69) is 20.2 Å². The van der Waals surface area contributed by atoms with Gasteiger partial charge in [0, 0.05) is 5.39 Å². The molecule has 0 radical (unpaired) electrons. The molecule has 1 aromatic heterocycles. The molecule has 0 unspecified atom stereocenters. The van der Waals surface area contributed by atoms with Crippen LogP contribution in [-0.4, -0.2) is 30.8 Å². The first-order chi connectivity index (χ1) is 11.3. The molecular formula is C16H16N4O3S. The first-order valence-corrected chi connectivity index (χ1v) is 9.05. The number of aromatic amines is 1. The van der Waals surface area contributed by atoms with Gasteiger partial charge in [0.05, 0.1) is 23.1 Å². The van der Waals surface area contributed by atoms with Gasteiger partial charge in [-0.25, -0.2) is 8.42 Å². The summed E-state index contributed by atoms with van der Waals surface area (Å²) in [5, 5.41) is 10.3. The van der Waals surface area contributed by atoms with Crippen LogP contribution in [0.2, 0.25) is 0 Å². The Balaban J connectivity index is 1.95. The van der Waals surface area contributed by atoms with Crippen LogP contribution >= 0.6 is 0 Å². The Morgan fingerprint density at radius 2 is 1.88 bits per heavy atom. The van der Waals surface area contributed by atoms with E-state index in [0.717, 1.165) is 17.3 Å². The van der Waals surface area contributed by atoms with Crippen LogP contribution in [0.25, 0.3) is 10.9 Å². The lowest BCUT2D eigenvalue weighted by Crippen LogP contribution is -2.16. The lowest BCUT2D eigenvalue weighted by molar-refractivity contribution is 0.102. The second-order valence-corrected chi connectivity index (χ2v) is 7.24.